The lowest BCUT2D eigenvalue weighted by Crippen LogP contribution is -2.07. The van der Waals surface area contributed by atoms with Crippen LogP contribution < -0.4 is 11.5 Å². The zero-order valence-electron chi connectivity index (χ0n) is 6.16. The molecule has 1 heterocycles. The van der Waals surface area contributed by atoms with Crippen LogP contribution in [0.3, 0.4) is 0 Å². The number of halogens is 1. The average molecular weight is 174 g/mol. The Kier molecular flexibility index (Phi) is 4.77. The Morgan fingerprint density at radius 2 is 2.00 bits per heavy atom. The Morgan fingerprint density at radius 3 is 2.45 bits per heavy atom. The lowest BCUT2D eigenvalue weighted by molar-refractivity contribution is 0.921. The highest BCUT2D eigenvalue weighted by Gasteiger charge is 1.96. The summed E-state index contributed by atoms with van der Waals surface area (Å²) in [5, 5.41) is 0. The smallest absolute Gasteiger partial charge is 0.0584 e. The Balaban J connectivity index is 0.000001000. The Hall–Kier alpha value is -0.640. The van der Waals surface area contributed by atoms with E-state index < -0.39 is 0 Å². The highest BCUT2D eigenvalue weighted by molar-refractivity contribution is 5.85. The summed E-state index contributed by atoms with van der Waals surface area (Å²) in [5.41, 5.74) is 12.8. The van der Waals surface area contributed by atoms with Crippen LogP contribution in [0.25, 0.3) is 0 Å². The Bertz CT molecular complexity index is 192. The summed E-state index contributed by atoms with van der Waals surface area (Å²) in [7, 11) is 0. The summed E-state index contributed by atoms with van der Waals surface area (Å²) in [5.74, 6) is 0. The number of nitrogens with zero attached hydrogens (tertiary/aromatic N) is 1. The van der Waals surface area contributed by atoms with Gasteiger partial charge in [-0.05, 0) is 11.6 Å². The quantitative estimate of drug-likeness (QED) is 0.682. The molecule has 0 saturated carbocycles. The number of hydrogen-bond donors (Lipinski definition) is 2. The molecule has 0 aromatic carbocycles. The normalized spacial score (nSPS) is 8.91. The van der Waals surface area contributed by atoms with E-state index in [-0.39, 0.29) is 12.4 Å². The third-order valence-electron chi connectivity index (χ3n) is 1.40. The van der Waals surface area contributed by atoms with Crippen molar-refractivity contribution in [3.63, 3.8) is 0 Å². The van der Waals surface area contributed by atoms with Gasteiger partial charge >= 0.3 is 0 Å². The standard InChI is InChI=1S/C7H11N3.ClH/c8-4-6-2-1-3-10-7(6)5-9;/h1-3H,4-5,8-9H2;1H. The molecule has 0 fully saturated rings. The van der Waals surface area contributed by atoms with Crippen molar-refractivity contribution < 1.29 is 0 Å². The van der Waals surface area contributed by atoms with Crippen molar-refractivity contribution in [1.29, 1.82) is 0 Å². The van der Waals surface area contributed by atoms with E-state index in [0.29, 0.717) is 13.1 Å². The van der Waals surface area contributed by atoms with Gasteiger partial charge in [-0.15, -0.1) is 12.4 Å². The van der Waals surface area contributed by atoms with Crippen molar-refractivity contribution in [2.45, 2.75) is 13.1 Å². The predicted octanol–water partition coefficient (Wildman–Crippen LogP) is 0.421. The van der Waals surface area contributed by atoms with Gasteiger partial charge in [-0.1, -0.05) is 6.07 Å². The maximum absolute atomic E-state index is 5.43. The Labute approximate surface area is 72.2 Å². The summed E-state index contributed by atoms with van der Waals surface area (Å²) in [6.45, 7) is 0.980. The molecule has 0 radical (unpaired) electrons. The van der Waals surface area contributed by atoms with Crippen molar-refractivity contribution in [1.82, 2.24) is 4.98 Å². The second-order valence-electron chi connectivity index (χ2n) is 2.02. The van der Waals surface area contributed by atoms with E-state index in [2.05, 4.69) is 4.98 Å². The molecule has 0 saturated heterocycles. The van der Waals surface area contributed by atoms with Gasteiger partial charge in [0.05, 0.1) is 5.69 Å². The van der Waals surface area contributed by atoms with Crippen LogP contribution in [-0.4, -0.2) is 4.98 Å². The molecule has 1 rings (SSSR count). The minimum Gasteiger partial charge on any atom is -0.326 e. The molecule has 3 nitrogen and oxygen atoms in total. The van der Waals surface area contributed by atoms with Gasteiger partial charge in [0.25, 0.3) is 0 Å². The molecule has 0 amide bonds. The lowest BCUT2D eigenvalue weighted by Gasteiger charge is -2.01. The van der Waals surface area contributed by atoms with Gasteiger partial charge in [0, 0.05) is 19.3 Å². The van der Waals surface area contributed by atoms with Crippen molar-refractivity contribution in [2.24, 2.45) is 11.5 Å². The average Bonchev–Trinajstić information content (AvgIpc) is 2.04. The first-order chi connectivity index (χ1) is 4.88. The third-order valence-corrected chi connectivity index (χ3v) is 1.40. The van der Waals surface area contributed by atoms with E-state index in [4.69, 9.17) is 11.5 Å². The molecule has 1 aromatic heterocycles. The van der Waals surface area contributed by atoms with E-state index in [1.54, 1.807) is 6.20 Å². The van der Waals surface area contributed by atoms with Crippen LogP contribution in [0.15, 0.2) is 18.3 Å². The number of aromatic nitrogens is 1. The molecule has 11 heavy (non-hydrogen) atoms. The summed E-state index contributed by atoms with van der Waals surface area (Å²) in [6, 6.07) is 3.80. The molecule has 0 atom stereocenters. The monoisotopic (exact) mass is 173 g/mol. The van der Waals surface area contributed by atoms with Gasteiger partial charge < -0.3 is 11.5 Å². The highest BCUT2D eigenvalue weighted by atomic mass is 35.5. The third kappa shape index (κ3) is 2.46. The SMILES string of the molecule is Cl.NCc1cccnc1CN. The van der Waals surface area contributed by atoms with Gasteiger partial charge in [0.2, 0.25) is 0 Å². The first-order valence-electron chi connectivity index (χ1n) is 3.21. The molecular weight excluding hydrogens is 162 g/mol. The highest BCUT2D eigenvalue weighted by Crippen LogP contribution is 2.01. The number of nitrogens with two attached hydrogens (primary N) is 2. The zero-order chi connectivity index (χ0) is 7.40. The van der Waals surface area contributed by atoms with Crippen LogP contribution in [0.4, 0.5) is 0 Å². The summed E-state index contributed by atoms with van der Waals surface area (Å²) in [6.07, 6.45) is 1.72. The minimum atomic E-state index is 0. The fourth-order valence-electron chi connectivity index (χ4n) is 0.841. The number of rotatable bonds is 2. The number of hydrogen-bond acceptors (Lipinski definition) is 3. The van der Waals surface area contributed by atoms with Crippen LogP contribution in [0, 0.1) is 0 Å². The van der Waals surface area contributed by atoms with Gasteiger partial charge in [-0.2, -0.15) is 0 Å². The topological polar surface area (TPSA) is 64.9 Å². The van der Waals surface area contributed by atoms with Crippen LogP contribution in [0.5, 0.6) is 0 Å². The van der Waals surface area contributed by atoms with Gasteiger partial charge in [0.1, 0.15) is 0 Å². The molecule has 62 valence electrons. The molecule has 0 aliphatic rings. The van der Waals surface area contributed by atoms with Crippen LogP contribution in [0.1, 0.15) is 11.3 Å². The summed E-state index contributed by atoms with van der Waals surface area (Å²) >= 11 is 0. The van der Waals surface area contributed by atoms with E-state index in [0.717, 1.165) is 11.3 Å². The predicted molar refractivity (Wildman–Crippen MR) is 47.3 cm³/mol. The van der Waals surface area contributed by atoms with Crippen LogP contribution in [0.2, 0.25) is 0 Å². The van der Waals surface area contributed by atoms with Gasteiger partial charge in [-0.3, -0.25) is 4.98 Å². The van der Waals surface area contributed by atoms with Gasteiger partial charge in [0.15, 0.2) is 0 Å². The van der Waals surface area contributed by atoms with Gasteiger partial charge in [-0.25, -0.2) is 0 Å². The molecule has 4 N–H and O–H groups in total. The molecule has 0 unspecified atom stereocenters. The molecule has 0 spiro atoms. The first kappa shape index (κ1) is 10.4. The minimum absolute atomic E-state index is 0. The number of pyridine rings is 1. The molecular formula is C7H12ClN3. The van der Waals surface area contributed by atoms with E-state index in [1.807, 2.05) is 12.1 Å². The molecule has 1 aromatic rings. The van der Waals surface area contributed by atoms with Crippen molar-refractivity contribution in [3.8, 4) is 0 Å². The zero-order valence-corrected chi connectivity index (χ0v) is 6.97. The lowest BCUT2D eigenvalue weighted by atomic mass is 10.2. The first-order valence-corrected chi connectivity index (χ1v) is 3.21. The maximum Gasteiger partial charge on any atom is 0.0584 e. The van der Waals surface area contributed by atoms with E-state index in [1.165, 1.54) is 0 Å². The van der Waals surface area contributed by atoms with Crippen LogP contribution in [-0.2, 0) is 13.1 Å². The van der Waals surface area contributed by atoms with Crippen molar-refractivity contribution in [3.05, 3.63) is 29.6 Å². The second kappa shape index (κ2) is 5.07. The van der Waals surface area contributed by atoms with Crippen LogP contribution >= 0.6 is 12.4 Å². The fourth-order valence-corrected chi connectivity index (χ4v) is 0.841. The Morgan fingerprint density at radius 1 is 1.27 bits per heavy atom. The second-order valence-corrected chi connectivity index (χ2v) is 2.02. The largest absolute Gasteiger partial charge is 0.326 e. The van der Waals surface area contributed by atoms with E-state index >= 15 is 0 Å². The molecule has 0 aliphatic carbocycles. The molecule has 4 heteroatoms. The summed E-state index contributed by atoms with van der Waals surface area (Å²) < 4.78 is 0. The van der Waals surface area contributed by atoms with Crippen molar-refractivity contribution in [2.75, 3.05) is 0 Å². The molecule has 0 aliphatic heterocycles. The van der Waals surface area contributed by atoms with Crippen molar-refractivity contribution >= 4 is 12.4 Å². The molecule has 0 bridgehead atoms. The fraction of sp³-hybridized carbons (Fsp3) is 0.286. The van der Waals surface area contributed by atoms with E-state index in [9.17, 15) is 0 Å². The maximum atomic E-state index is 5.43. The summed E-state index contributed by atoms with van der Waals surface area (Å²) in [4.78, 5) is 4.06.